The molecule has 4 heteroatoms. The standard InChI is InChI=1S/C45H29N3O/c1-3-10-30(11-4-1)32-18-22-34(23-19-32)43-46-44(48-45(47-43)38-26-27-40-39-16-7-8-17-41(39)49-42(40)29-38)35-24-20-33(21-25-35)37-15-9-14-36(28-37)31-12-5-2-6-13-31/h1-29H. The zero-order chi connectivity index (χ0) is 32.6. The number of benzene rings is 7. The summed E-state index contributed by atoms with van der Waals surface area (Å²) in [5.41, 5.74) is 11.3. The Balaban J connectivity index is 1.12. The van der Waals surface area contributed by atoms with Gasteiger partial charge in [-0.15, -0.1) is 0 Å². The van der Waals surface area contributed by atoms with Gasteiger partial charge < -0.3 is 4.42 Å². The summed E-state index contributed by atoms with van der Waals surface area (Å²) in [4.78, 5) is 15.0. The molecule has 0 saturated carbocycles. The van der Waals surface area contributed by atoms with E-state index in [0.717, 1.165) is 55.3 Å². The lowest BCUT2D eigenvalue weighted by Crippen LogP contribution is -2.00. The van der Waals surface area contributed by atoms with E-state index in [2.05, 4.69) is 140 Å². The summed E-state index contributed by atoms with van der Waals surface area (Å²) >= 11 is 0. The molecule has 0 aliphatic heterocycles. The fourth-order valence-electron chi connectivity index (χ4n) is 6.39. The highest BCUT2D eigenvalue weighted by Gasteiger charge is 2.15. The first kappa shape index (κ1) is 28.6. The number of rotatable bonds is 6. The van der Waals surface area contributed by atoms with Gasteiger partial charge in [-0.05, 0) is 57.6 Å². The van der Waals surface area contributed by atoms with Gasteiger partial charge in [0.2, 0.25) is 0 Å². The topological polar surface area (TPSA) is 51.8 Å². The number of nitrogens with zero attached hydrogens (tertiary/aromatic N) is 3. The van der Waals surface area contributed by atoms with Gasteiger partial charge in [0, 0.05) is 27.5 Å². The smallest absolute Gasteiger partial charge is 0.164 e. The number of fused-ring (bicyclic) bond motifs is 3. The molecule has 0 unspecified atom stereocenters. The maximum absolute atomic E-state index is 6.22. The van der Waals surface area contributed by atoms with Crippen LogP contribution in [0.5, 0.6) is 0 Å². The Hall–Kier alpha value is -6.65. The van der Waals surface area contributed by atoms with E-state index in [1.165, 1.54) is 16.7 Å². The Morgan fingerprint density at radius 1 is 0.265 bits per heavy atom. The van der Waals surface area contributed by atoms with Crippen molar-refractivity contribution in [2.24, 2.45) is 0 Å². The van der Waals surface area contributed by atoms with Crippen molar-refractivity contribution in [1.82, 2.24) is 15.0 Å². The molecule has 0 aliphatic carbocycles. The molecule has 4 nitrogen and oxygen atoms in total. The fourth-order valence-corrected chi connectivity index (χ4v) is 6.39. The van der Waals surface area contributed by atoms with E-state index in [1.807, 2.05) is 36.4 Å². The Morgan fingerprint density at radius 2 is 0.673 bits per heavy atom. The van der Waals surface area contributed by atoms with Crippen LogP contribution < -0.4 is 0 Å². The van der Waals surface area contributed by atoms with Gasteiger partial charge in [0.25, 0.3) is 0 Å². The van der Waals surface area contributed by atoms with Crippen molar-refractivity contribution in [1.29, 1.82) is 0 Å². The quantitative estimate of drug-likeness (QED) is 0.184. The first-order valence-electron chi connectivity index (χ1n) is 16.4. The van der Waals surface area contributed by atoms with Crippen LogP contribution in [0.2, 0.25) is 0 Å². The van der Waals surface area contributed by atoms with Crippen molar-refractivity contribution in [3.05, 3.63) is 176 Å². The third-order valence-corrected chi connectivity index (χ3v) is 8.97. The summed E-state index contributed by atoms with van der Waals surface area (Å²) in [6.45, 7) is 0. The second-order valence-electron chi connectivity index (χ2n) is 12.1. The fraction of sp³-hybridized carbons (Fsp3) is 0. The van der Waals surface area contributed by atoms with Gasteiger partial charge >= 0.3 is 0 Å². The molecule has 9 rings (SSSR count). The van der Waals surface area contributed by atoms with Crippen LogP contribution in [0, 0.1) is 0 Å². The van der Waals surface area contributed by atoms with Crippen LogP contribution in [0.15, 0.2) is 180 Å². The highest BCUT2D eigenvalue weighted by atomic mass is 16.3. The lowest BCUT2D eigenvalue weighted by atomic mass is 9.98. The Bertz CT molecular complexity index is 2570. The van der Waals surface area contributed by atoms with E-state index in [1.54, 1.807) is 0 Å². The van der Waals surface area contributed by atoms with Crippen molar-refractivity contribution in [2.45, 2.75) is 0 Å². The molecule has 0 N–H and O–H groups in total. The first-order chi connectivity index (χ1) is 24.2. The van der Waals surface area contributed by atoms with Gasteiger partial charge in [-0.1, -0.05) is 152 Å². The van der Waals surface area contributed by atoms with Gasteiger partial charge in [-0.25, -0.2) is 15.0 Å². The van der Waals surface area contributed by atoms with Gasteiger partial charge in [-0.2, -0.15) is 0 Å². The van der Waals surface area contributed by atoms with Crippen molar-refractivity contribution in [3.63, 3.8) is 0 Å². The molecule has 7 aromatic carbocycles. The number of furan rings is 1. The highest BCUT2D eigenvalue weighted by molar-refractivity contribution is 6.05. The van der Waals surface area contributed by atoms with E-state index < -0.39 is 0 Å². The van der Waals surface area contributed by atoms with Crippen LogP contribution in [0.4, 0.5) is 0 Å². The third kappa shape index (κ3) is 5.56. The zero-order valence-corrected chi connectivity index (χ0v) is 26.5. The first-order valence-corrected chi connectivity index (χ1v) is 16.4. The second kappa shape index (κ2) is 12.2. The third-order valence-electron chi connectivity index (χ3n) is 8.97. The zero-order valence-electron chi connectivity index (χ0n) is 26.5. The average molecular weight is 628 g/mol. The molecule has 0 spiro atoms. The van der Waals surface area contributed by atoms with Crippen molar-refractivity contribution in [2.75, 3.05) is 0 Å². The molecule has 9 aromatic rings. The molecular formula is C45H29N3O. The molecule has 0 saturated heterocycles. The van der Waals surface area contributed by atoms with E-state index in [0.29, 0.717) is 17.5 Å². The summed E-state index contributed by atoms with van der Waals surface area (Å²) in [7, 11) is 0. The van der Waals surface area contributed by atoms with Crippen LogP contribution in [0.3, 0.4) is 0 Å². The van der Waals surface area contributed by atoms with E-state index in [-0.39, 0.29) is 0 Å². The maximum Gasteiger partial charge on any atom is 0.164 e. The minimum Gasteiger partial charge on any atom is -0.456 e. The van der Waals surface area contributed by atoms with Crippen molar-refractivity contribution < 1.29 is 4.42 Å². The molecular weight excluding hydrogens is 599 g/mol. The average Bonchev–Trinajstić information content (AvgIpc) is 3.57. The predicted octanol–water partition coefficient (Wildman–Crippen LogP) is 11.8. The molecule has 0 radical (unpaired) electrons. The molecule has 0 aliphatic rings. The van der Waals surface area contributed by atoms with Gasteiger partial charge in [0.15, 0.2) is 17.5 Å². The van der Waals surface area contributed by atoms with Crippen LogP contribution in [0.25, 0.3) is 89.5 Å². The van der Waals surface area contributed by atoms with E-state index in [9.17, 15) is 0 Å². The van der Waals surface area contributed by atoms with Crippen LogP contribution in [-0.2, 0) is 0 Å². The SMILES string of the molecule is c1ccc(-c2ccc(-c3nc(-c4ccc(-c5cccc(-c6ccccc6)c5)cc4)nc(-c4ccc5c(c4)oc4ccccc45)n3)cc2)cc1. The number of hydrogen-bond donors (Lipinski definition) is 0. The molecule has 2 heterocycles. The number of aromatic nitrogens is 3. The molecule has 0 fully saturated rings. The monoisotopic (exact) mass is 627 g/mol. The summed E-state index contributed by atoms with van der Waals surface area (Å²) < 4.78 is 6.22. The lowest BCUT2D eigenvalue weighted by Gasteiger charge is -2.10. The molecule has 0 bridgehead atoms. The Kier molecular flexibility index (Phi) is 7.10. The van der Waals surface area contributed by atoms with E-state index >= 15 is 0 Å². The predicted molar refractivity (Wildman–Crippen MR) is 200 cm³/mol. The van der Waals surface area contributed by atoms with Crippen LogP contribution in [-0.4, -0.2) is 15.0 Å². The number of para-hydroxylation sites is 1. The largest absolute Gasteiger partial charge is 0.456 e. The molecule has 230 valence electrons. The Labute approximate surface area is 284 Å². The minimum absolute atomic E-state index is 0.592. The summed E-state index contributed by atoms with van der Waals surface area (Å²) in [6.07, 6.45) is 0. The van der Waals surface area contributed by atoms with Gasteiger partial charge in [0.1, 0.15) is 11.2 Å². The van der Waals surface area contributed by atoms with Crippen LogP contribution in [0.1, 0.15) is 0 Å². The highest BCUT2D eigenvalue weighted by Crippen LogP contribution is 2.34. The summed E-state index contributed by atoms with van der Waals surface area (Å²) in [6, 6.07) is 60.6. The lowest BCUT2D eigenvalue weighted by molar-refractivity contribution is 0.669. The molecule has 0 amide bonds. The van der Waals surface area contributed by atoms with E-state index in [4.69, 9.17) is 19.4 Å². The molecule has 2 aromatic heterocycles. The Morgan fingerprint density at radius 3 is 1.29 bits per heavy atom. The summed E-state index contributed by atoms with van der Waals surface area (Å²) in [5.74, 6) is 1.82. The number of hydrogen-bond acceptors (Lipinski definition) is 4. The minimum atomic E-state index is 0.592. The summed E-state index contributed by atoms with van der Waals surface area (Å²) in [5, 5.41) is 2.16. The van der Waals surface area contributed by atoms with Crippen LogP contribution >= 0.6 is 0 Å². The van der Waals surface area contributed by atoms with Crippen molar-refractivity contribution in [3.8, 4) is 67.5 Å². The van der Waals surface area contributed by atoms with Gasteiger partial charge in [-0.3, -0.25) is 0 Å². The second-order valence-corrected chi connectivity index (χ2v) is 12.1. The van der Waals surface area contributed by atoms with Gasteiger partial charge in [0.05, 0.1) is 0 Å². The normalized spacial score (nSPS) is 11.3. The van der Waals surface area contributed by atoms with Crippen molar-refractivity contribution >= 4 is 21.9 Å². The maximum atomic E-state index is 6.22. The molecule has 49 heavy (non-hydrogen) atoms. The molecule has 0 atom stereocenters.